The average molecular weight is 436 g/mol. The Labute approximate surface area is 185 Å². The molecule has 1 amide bonds. The molecule has 0 spiro atoms. The first-order chi connectivity index (χ1) is 15.0. The Bertz CT molecular complexity index is 1120. The van der Waals surface area contributed by atoms with Crippen LogP contribution in [0.4, 0.5) is 5.69 Å². The number of aromatic nitrogens is 1. The predicted molar refractivity (Wildman–Crippen MR) is 121 cm³/mol. The monoisotopic (exact) mass is 435 g/mol. The lowest BCUT2D eigenvalue weighted by molar-refractivity contribution is -0.384. The molecule has 0 unspecified atom stereocenters. The molecule has 0 bridgehead atoms. The fourth-order valence-corrected chi connectivity index (χ4v) is 3.67. The Balaban J connectivity index is 1.46. The van der Waals surface area contributed by atoms with Crippen LogP contribution in [-0.4, -0.2) is 26.3 Å². The fraction of sp³-hybridized carbons (Fsp3) is 0.208. The molecule has 0 radical (unpaired) electrons. The topological polar surface area (TPSA) is 68.4 Å². The maximum Gasteiger partial charge on any atom is 0.269 e. The summed E-state index contributed by atoms with van der Waals surface area (Å²) in [4.78, 5) is 25.2. The standard InChI is InChI=1S/C24H22ClN3O3/c25-23-6-2-1-4-19(23)16-26-15-3-5-22(26)17-27(20-12-13-20)24(29)14-9-18-7-10-21(11-8-18)28(30)31/h1-11,14-15,20H,12-13,16-17H2. The van der Waals surface area contributed by atoms with Gasteiger partial charge in [-0.1, -0.05) is 29.8 Å². The van der Waals surface area contributed by atoms with Crippen molar-refractivity contribution in [2.24, 2.45) is 0 Å². The number of nitro groups is 1. The average Bonchev–Trinajstić information content (AvgIpc) is 3.52. The van der Waals surface area contributed by atoms with Crippen molar-refractivity contribution in [1.29, 1.82) is 0 Å². The smallest absolute Gasteiger partial charge is 0.269 e. The molecule has 3 aromatic rings. The minimum atomic E-state index is -0.439. The van der Waals surface area contributed by atoms with E-state index in [2.05, 4.69) is 4.57 Å². The highest BCUT2D eigenvalue weighted by atomic mass is 35.5. The van der Waals surface area contributed by atoms with Crippen LogP contribution in [0.25, 0.3) is 6.08 Å². The van der Waals surface area contributed by atoms with E-state index in [-0.39, 0.29) is 17.6 Å². The van der Waals surface area contributed by atoms with Crippen LogP contribution in [0.1, 0.15) is 29.7 Å². The summed E-state index contributed by atoms with van der Waals surface area (Å²) in [7, 11) is 0. The van der Waals surface area contributed by atoms with Crippen molar-refractivity contribution >= 4 is 29.3 Å². The summed E-state index contributed by atoms with van der Waals surface area (Å²) in [6.45, 7) is 1.17. The summed E-state index contributed by atoms with van der Waals surface area (Å²) in [5.74, 6) is -0.0636. The summed E-state index contributed by atoms with van der Waals surface area (Å²) >= 11 is 6.31. The second kappa shape index (κ2) is 9.18. The summed E-state index contributed by atoms with van der Waals surface area (Å²) < 4.78 is 2.11. The molecule has 0 aliphatic heterocycles. The lowest BCUT2D eigenvalue weighted by atomic mass is 10.2. The quantitative estimate of drug-likeness (QED) is 0.274. The predicted octanol–water partition coefficient (Wildman–Crippen LogP) is 5.30. The molecule has 0 saturated heterocycles. The van der Waals surface area contributed by atoms with E-state index in [1.165, 1.54) is 12.1 Å². The van der Waals surface area contributed by atoms with Gasteiger partial charge in [0.1, 0.15) is 0 Å². The molecule has 31 heavy (non-hydrogen) atoms. The SMILES string of the molecule is O=C(C=Cc1ccc([N+](=O)[O-])cc1)N(Cc1cccn1Cc1ccccc1Cl)C1CC1. The molecule has 1 fully saturated rings. The Morgan fingerprint density at radius 1 is 1.13 bits per heavy atom. The maximum absolute atomic E-state index is 12.9. The van der Waals surface area contributed by atoms with E-state index in [0.29, 0.717) is 13.1 Å². The number of benzene rings is 2. The zero-order valence-corrected chi connectivity index (χ0v) is 17.6. The molecular weight excluding hydrogens is 414 g/mol. The van der Waals surface area contributed by atoms with Gasteiger partial charge >= 0.3 is 0 Å². The third kappa shape index (κ3) is 5.22. The minimum Gasteiger partial charge on any atom is -0.345 e. The van der Waals surface area contributed by atoms with Gasteiger partial charge in [-0.3, -0.25) is 14.9 Å². The highest BCUT2D eigenvalue weighted by molar-refractivity contribution is 6.31. The van der Waals surface area contributed by atoms with Crippen molar-refractivity contribution in [2.45, 2.75) is 32.0 Å². The van der Waals surface area contributed by atoms with Gasteiger partial charge in [-0.05, 0) is 60.4 Å². The fourth-order valence-electron chi connectivity index (χ4n) is 3.48. The molecule has 1 heterocycles. The number of nitro benzene ring substituents is 1. The van der Waals surface area contributed by atoms with Crippen LogP contribution in [0.3, 0.4) is 0 Å². The van der Waals surface area contributed by atoms with Gasteiger partial charge in [0.05, 0.1) is 11.5 Å². The van der Waals surface area contributed by atoms with Crippen molar-refractivity contribution in [2.75, 3.05) is 0 Å². The molecule has 1 saturated carbocycles. The van der Waals surface area contributed by atoms with E-state index in [4.69, 9.17) is 11.6 Å². The van der Waals surface area contributed by atoms with Crippen molar-refractivity contribution in [3.8, 4) is 0 Å². The lowest BCUT2D eigenvalue weighted by Gasteiger charge is -2.22. The van der Waals surface area contributed by atoms with E-state index >= 15 is 0 Å². The van der Waals surface area contributed by atoms with Gasteiger partial charge in [-0.15, -0.1) is 0 Å². The Kier molecular flexibility index (Phi) is 6.18. The Morgan fingerprint density at radius 2 is 1.87 bits per heavy atom. The number of hydrogen-bond donors (Lipinski definition) is 0. The molecule has 1 aromatic heterocycles. The van der Waals surface area contributed by atoms with E-state index in [0.717, 1.165) is 34.7 Å². The number of halogens is 1. The number of nitrogens with zero attached hydrogens (tertiary/aromatic N) is 3. The highest BCUT2D eigenvalue weighted by Crippen LogP contribution is 2.29. The van der Waals surface area contributed by atoms with E-state index in [9.17, 15) is 14.9 Å². The first kappa shape index (κ1) is 20.9. The summed E-state index contributed by atoms with van der Waals surface area (Å²) in [6, 6.07) is 18.2. The molecule has 158 valence electrons. The van der Waals surface area contributed by atoms with Crippen LogP contribution in [0, 0.1) is 10.1 Å². The Hall–Kier alpha value is -3.38. The van der Waals surface area contributed by atoms with Crippen molar-refractivity contribution in [3.05, 3.63) is 105 Å². The number of amides is 1. The van der Waals surface area contributed by atoms with Gasteiger partial charge in [-0.2, -0.15) is 0 Å². The molecule has 7 heteroatoms. The molecule has 0 atom stereocenters. The summed E-state index contributed by atoms with van der Waals surface area (Å²) in [5, 5.41) is 11.5. The van der Waals surface area contributed by atoms with E-state index in [1.807, 2.05) is 47.5 Å². The van der Waals surface area contributed by atoms with Crippen LogP contribution in [-0.2, 0) is 17.9 Å². The number of hydrogen-bond acceptors (Lipinski definition) is 3. The van der Waals surface area contributed by atoms with Gasteiger partial charge in [0, 0.05) is 47.7 Å². The molecule has 6 nitrogen and oxygen atoms in total. The normalized spacial score (nSPS) is 13.5. The number of carbonyl (C=O) groups is 1. The second-order valence-corrected chi connectivity index (χ2v) is 8.01. The van der Waals surface area contributed by atoms with Gasteiger partial charge in [0.15, 0.2) is 0 Å². The van der Waals surface area contributed by atoms with Crippen molar-refractivity contribution < 1.29 is 9.72 Å². The van der Waals surface area contributed by atoms with Crippen molar-refractivity contribution in [1.82, 2.24) is 9.47 Å². The number of non-ortho nitro benzene ring substituents is 1. The second-order valence-electron chi connectivity index (χ2n) is 7.60. The van der Waals surface area contributed by atoms with E-state index in [1.54, 1.807) is 24.3 Å². The third-order valence-electron chi connectivity index (χ3n) is 5.35. The van der Waals surface area contributed by atoms with Gasteiger partial charge in [0.25, 0.3) is 5.69 Å². The zero-order chi connectivity index (χ0) is 21.8. The number of carbonyl (C=O) groups excluding carboxylic acids is 1. The molecule has 1 aliphatic rings. The largest absolute Gasteiger partial charge is 0.345 e. The summed E-state index contributed by atoms with van der Waals surface area (Å²) in [6.07, 6.45) is 7.25. The van der Waals surface area contributed by atoms with Crippen LogP contribution < -0.4 is 0 Å². The first-order valence-electron chi connectivity index (χ1n) is 10.1. The van der Waals surface area contributed by atoms with Crippen LogP contribution in [0.5, 0.6) is 0 Å². The van der Waals surface area contributed by atoms with Crippen LogP contribution >= 0.6 is 11.6 Å². The zero-order valence-electron chi connectivity index (χ0n) is 16.9. The van der Waals surface area contributed by atoms with Gasteiger partial charge in [-0.25, -0.2) is 0 Å². The molecule has 2 aromatic carbocycles. The third-order valence-corrected chi connectivity index (χ3v) is 5.72. The van der Waals surface area contributed by atoms with Crippen LogP contribution in [0.2, 0.25) is 5.02 Å². The summed E-state index contributed by atoms with van der Waals surface area (Å²) in [5.41, 5.74) is 2.85. The first-order valence-corrected chi connectivity index (χ1v) is 10.5. The minimum absolute atomic E-state index is 0.0300. The number of rotatable bonds is 8. The molecule has 4 rings (SSSR count). The van der Waals surface area contributed by atoms with E-state index < -0.39 is 4.92 Å². The maximum atomic E-state index is 12.9. The lowest BCUT2D eigenvalue weighted by Crippen LogP contribution is -2.32. The van der Waals surface area contributed by atoms with Crippen molar-refractivity contribution in [3.63, 3.8) is 0 Å². The molecule has 1 aliphatic carbocycles. The van der Waals surface area contributed by atoms with Crippen LogP contribution in [0.15, 0.2) is 72.9 Å². The Morgan fingerprint density at radius 3 is 2.55 bits per heavy atom. The molecular formula is C24H22ClN3O3. The molecule has 0 N–H and O–H groups in total. The van der Waals surface area contributed by atoms with Gasteiger partial charge in [0.2, 0.25) is 5.91 Å². The van der Waals surface area contributed by atoms with Gasteiger partial charge < -0.3 is 9.47 Å². The highest BCUT2D eigenvalue weighted by Gasteiger charge is 2.32.